The summed E-state index contributed by atoms with van der Waals surface area (Å²) in [7, 11) is -1.69. The van der Waals surface area contributed by atoms with Crippen molar-refractivity contribution in [3.63, 3.8) is 0 Å². The third-order valence-corrected chi connectivity index (χ3v) is 6.64. The van der Waals surface area contributed by atoms with Crippen molar-refractivity contribution >= 4 is 14.3 Å². The van der Waals surface area contributed by atoms with Crippen molar-refractivity contribution in [1.29, 1.82) is 0 Å². The van der Waals surface area contributed by atoms with Crippen LogP contribution in [0.2, 0.25) is 19.6 Å². The molecule has 0 aliphatic heterocycles. The lowest BCUT2D eigenvalue weighted by Gasteiger charge is -2.17. The minimum atomic E-state index is -1.69. The van der Waals surface area contributed by atoms with Crippen LogP contribution in [-0.4, -0.2) is 14.3 Å². The molecule has 0 aromatic heterocycles. The van der Waals surface area contributed by atoms with E-state index in [1.165, 1.54) is 109 Å². The molecule has 0 rings (SSSR count). The number of hydrogen-bond donors (Lipinski definition) is 0. The highest BCUT2D eigenvalue weighted by Gasteiger charge is 2.19. The molecule has 0 aromatic rings. The second-order valence-electron chi connectivity index (χ2n) is 10.3. The van der Waals surface area contributed by atoms with Crippen LogP contribution < -0.4 is 0 Å². The molecule has 1 unspecified atom stereocenters. The van der Waals surface area contributed by atoms with E-state index in [1.807, 2.05) is 0 Å². The van der Waals surface area contributed by atoms with Gasteiger partial charge in [-0.2, -0.15) is 0 Å². The van der Waals surface area contributed by atoms with Gasteiger partial charge in [0.05, 0.1) is 0 Å². The summed E-state index contributed by atoms with van der Waals surface area (Å²) in [5, 5.41) is 0. The number of hydrogen-bond acceptors (Lipinski definition) is 2. The molecule has 1 atom stereocenters. The maximum absolute atomic E-state index is 11.7. The largest absolute Gasteiger partial charge is 0.520 e. The van der Waals surface area contributed by atoms with Crippen molar-refractivity contribution in [1.82, 2.24) is 0 Å². The van der Waals surface area contributed by atoms with Gasteiger partial charge in [-0.05, 0) is 32.0 Å². The Morgan fingerprint density at radius 1 is 0.655 bits per heavy atom. The van der Waals surface area contributed by atoms with E-state index in [0.717, 1.165) is 12.3 Å². The van der Waals surface area contributed by atoms with Crippen molar-refractivity contribution < 1.29 is 9.22 Å². The minimum absolute atomic E-state index is 0.0191. The van der Waals surface area contributed by atoms with Gasteiger partial charge in [0.2, 0.25) is 8.32 Å². The van der Waals surface area contributed by atoms with Gasteiger partial charge in [-0.3, -0.25) is 4.79 Å². The Labute approximate surface area is 185 Å². The van der Waals surface area contributed by atoms with Crippen molar-refractivity contribution in [2.75, 3.05) is 0 Å². The maximum atomic E-state index is 11.7. The molecule has 0 spiro atoms. The summed E-state index contributed by atoms with van der Waals surface area (Å²) in [6.07, 6.45) is 25.3. The maximum Gasteiger partial charge on any atom is 0.292 e. The second kappa shape index (κ2) is 19.6. The van der Waals surface area contributed by atoms with Gasteiger partial charge in [0.15, 0.2) is 0 Å². The molecular weight excluding hydrogens is 372 g/mol. The summed E-state index contributed by atoms with van der Waals surface area (Å²) in [6, 6.07) is 0. The van der Waals surface area contributed by atoms with E-state index >= 15 is 0 Å². The smallest absolute Gasteiger partial charge is 0.292 e. The van der Waals surface area contributed by atoms with Gasteiger partial charge in [-0.1, -0.05) is 123 Å². The first kappa shape index (κ1) is 28.7. The van der Waals surface area contributed by atoms with Crippen LogP contribution in [-0.2, 0) is 9.22 Å². The molecule has 0 N–H and O–H groups in total. The van der Waals surface area contributed by atoms with Crippen LogP contribution in [0, 0.1) is 5.92 Å². The second-order valence-corrected chi connectivity index (χ2v) is 14.8. The van der Waals surface area contributed by atoms with Crippen LogP contribution in [0.25, 0.3) is 0 Å². The van der Waals surface area contributed by atoms with E-state index in [1.54, 1.807) is 0 Å². The molecule has 0 saturated heterocycles. The number of unbranched alkanes of at least 4 members (excludes halogenated alkanes) is 14. The first-order chi connectivity index (χ1) is 13.8. The van der Waals surface area contributed by atoms with Crippen molar-refractivity contribution in [3.05, 3.63) is 0 Å². The average Bonchev–Trinajstić information content (AvgIpc) is 2.64. The monoisotopic (exact) mass is 426 g/mol. The highest BCUT2D eigenvalue weighted by Crippen LogP contribution is 2.18. The third kappa shape index (κ3) is 23.8. The van der Waals surface area contributed by atoms with Crippen LogP contribution in [0.5, 0.6) is 0 Å². The zero-order valence-corrected chi connectivity index (χ0v) is 21.8. The van der Waals surface area contributed by atoms with Crippen LogP contribution in [0.15, 0.2) is 0 Å². The van der Waals surface area contributed by atoms with Gasteiger partial charge in [0.25, 0.3) is 5.97 Å². The molecule has 0 aliphatic rings. The Bertz CT molecular complexity index is 362. The standard InChI is InChI=1S/C26H54O2Si/c1-6-7-8-19-22-25(2)23-20-17-15-13-11-9-10-12-14-16-18-21-24-26(27)28-29(3,4)5/h25H,6-24H2,1-5H3. The summed E-state index contributed by atoms with van der Waals surface area (Å²) in [6.45, 7) is 11.0. The summed E-state index contributed by atoms with van der Waals surface area (Å²) in [5.41, 5.74) is 0. The van der Waals surface area contributed by atoms with Crippen LogP contribution >= 0.6 is 0 Å². The third-order valence-electron chi connectivity index (χ3n) is 5.80. The zero-order valence-electron chi connectivity index (χ0n) is 20.8. The Balaban J connectivity index is 3.21. The lowest BCUT2D eigenvalue weighted by Crippen LogP contribution is -2.28. The molecule has 0 fully saturated rings. The lowest BCUT2D eigenvalue weighted by molar-refractivity contribution is -0.135. The van der Waals surface area contributed by atoms with Gasteiger partial charge >= 0.3 is 0 Å². The van der Waals surface area contributed by atoms with E-state index in [9.17, 15) is 4.79 Å². The zero-order chi connectivity index (χ0) is 21.8. The highest BCUT2D eigenvalue weighted by molar-refractivity contribution is 6.71. The summed E-state index contributed by atoms with van der Waals surface area (Å²) >= 11 is 0. The SMILES string of the molecule is CCCCCCC(C)CCCCCCCCCCCCCCC(=O)O[Si](C)(C)C. The summed E-state index contributed by atoms with van der Waals surface area (Å²) in [5.74, 6) is 0.962. The van der Waals surface area contributed by atoms with Gasteiger partial charge in [0, 0.05) is 6.42 Å². The van der Waals surface area contributed by atoms with Gasteiger partial charge < -0.3 is 4.43 Å². The topological polar surface area (TPSA) is 26.3 Å². The van der Waals surface area contributed by atoms with Crippen molar-refractivity contribution in [3.8, 4) is 0 Å². The summed E-state index contributed by atoms with van der Waals surface area (Å²) in [4.78, 5) is 11.7. The fourth-order valence-corrected chi connectivity index (χ4v) is 4.77. The predicted molar refractivity (Wildman–Crippen MR) is 132 cm³/mol. The van der Waals surface area contributed by atoms with Crippen LogP contribution in [0.1, 0.15) is 136 Å². The number of carbonyl (C=O) groups excluding carboxylic acids is 1. The van der Waals surface area contributed by atoms with E-state index in [4.69, 9.17) is 4.43 Å². The van der Waals surface area contributed by atoms with Gasteiger partial charge in [-0.15, -0.1) is 0 Å². The number of carbonyl (C=O) groups is 1. The summed E-state index contributed by atoms with van der Waals surface area (Å²) < 4.78 is 5.48. The molecule has 2 nitrogen and oxygen atoms in total. The normalized spacial score (nSPS) is 12.9. The number of rotatable bonds is 21. The van der Waals surface area contributed by atoms with Crippen LogP contribution in [0.4, 0.5) is 0 Å². The van der Waals surface area contributed by atoms with Crippen LogP contribution in [0.3, 0.4) is 0 Å². The van der Waals surface area contributed by atoms with Crippen molar-refractivity contribution in [2.24, 2.45) is 5.92 Å². The quantitative estimate of drug-likeness (QED) is 0.135. The molecular formula is C26H54O2Si. The predicted octanol–water partition coefficient (Wildman–Crippen LogP) is 9.43. The Morgan fingerprint density at radius 2 is 1.03 bits per heavy atom. The molecule has 29 heavy (non-hydrogen) atoms. The highest BCUT2D eigenvalue weighted by atomic mass is 28.4. The molecule has 3 heteroatoms. The minimum Gasteiger partial charge on any atom is -0.520 e. The van der Waals surface area contributed by atoms with E-state index < -0.39 is 8.32 Å². The first-order valence-electron chi connectivity index (χ1n) is 13.1. The molecule has 0 aliphatic carbocycles. The van der Waals surface area contributed by atoms with E-state index in [0.29, 0.717) is 6.42 Å². The average molecular weight is 427 g/mol. The Kier molecular flexibility index (Phi) is 19.4. The first-order valence-corrected chi connectivity index (χ1v) is 16.5. The fourth-order valence-electron chi connectivity index (χ4n) is 3.99. The molecule has 0 radical (unpaired) electrons. The molecule has 0 heterocycles. The molecule has 0 amide bonds. The van der Waals surface area contributed by atoms with E-state index in [2.05, 4.69) is 33.5 Å². The lowest BCUT2D eigenvalue weighted by atomic mass is 9.96. The fraction of sp³-hybridized carbons (Fsp3) is 0.962. The molecule has 0 aromatic carbocycles. The Hall–Kier alpha value is -0.313. The molecule has 0 bridgehead atoms. The van der Waals surface area contributed by atoms with Gasteiger partial charge in [-0.25, -0.2) is 0 Å². The molecule has 0 saturated carbocycles. The molecule has 174 valence electrons. The van der Waals surface area contributed by atoms with E-state index in [-0.39, 0.29) is 5.97 Å². The van der Waals surface area contributed by atoms with Crippen molar-refractivity contribution in [2.45, 2.75) is 155 Å². The van der Waals surface area contributed by atoms with Gasteiger partial charge in [0.1, 0.15) is 0 Å². The Morgan fingerprint density at radius 3 is 1.45 bits per heavy atom.